The van der Waals surface area contributed by atoms with Gasteiger partial charge >= 0.3 is 0 Å². The second-order valence-electron chi connectivity index (χ2n) is 5.39. The van der Waals surface area contributed by atoms with Gasteiger partial charge in [0, 0.05) is 19.1 Å². The topological polar surface area (TPSA) is 49.4 Å². The van der Waals surface area contributed by atoms with E-state index in [4.69, 9.17) is 0 Å². The number of benzene rings is 1. The SMILES string of the molecule is CCCNC1CCCN(S(=O)(=O)Cc2ccccc2)C1. The zero-order valence-corrected chi connectivity index (χ0v) is 12.9. The van der Waals surface area contributed by atoms with Gasteiger partial charge < -0.3 is 5.32 Å². The van der Waals surface area contributed by atoms with Crippen LogP contribution in [0.5, 0.6) is 0 Å². The maximum Gasteiger partial charge on any atom is 0.218 e. The molecule has 5 heteroatoms. The van der Waals surface area contributed by atoms with Gasteiger partial charge in [-0.2, -0.15) is 0 Å². The van der Waals surface area contributed by atoms with Gasteiger partial charge in [0.1, 0.15) is 0 Å². The van der Waals surface area contributed by atoms with E-state index in [0.717, 1.165) is 31.4 Å². The van der Waals surface area contributed by atoms with Crippen LogP contribution >= 0.6 is 0 Å². The van der Waals surface area contributed by atoms with Crippen molar-refractivity contribution in [2.75, 3.05) is 19.6 Å². The van der Waals surface area contributed by atoms with Crippen molar-refractivity contribution >= 4 is 10.0 Å². The van der Waals surface area contributed by atoms with E-state index >= 15 is 0 Å². The van der Waals surface area contributed by atoms with Crippen LogP contribution in [0.4, 0.5) is 0 Å². The molecule has 1 saturated heterocycles. The quantitative estimate of drug-likeness (QED) is 0.873. The lowest BCUT2D eigenvalue weighted by Gasteiger charge is -2.32. The third-order valence-corrected chi connectivity index (χ3v) is 5.47. The van der Waals surface area contributed by atoms with Crippen LogP contribution < -0.4 is 5.32 Å². The summed E-state index contributed by atoms with van der Waals surface area (Å²) in [5, 5.41) is 3.43. The molecule has 0 saturated carbocycles. The highest BCUT2D eigenvalue weighted by Gasteiger charge is 2.28. The fraction of sp³-hybridized carbons (Fsp3) is 0.600. The summed E-state index contributed by atoms with van der Waals surface area (Å²) in [6, 6.07) is 9.71. The molecule has 1 unspecified atom stereocenters. The van der Waals surface area contributed by atoms with Crippen molar-refractivity contribution in [1.29, 1.82) is 0 Å². The minimum Gasteiger partial charge on any atom is -0.313 e. The van der Waals surface area contributed by atoms with Gasteiger partial charge in [-0.05, 0) is 31.4 Å². The molecule has 20 heavy (non-hydrogen) atoms. The van der Waals surface area contributed by atoms with Crippen molar-refractivity contribution in [3.05, 3.63) is 35.9 Å². The molecule has 0 spiro atoms. The Morgan fingerprint density at radius 3 is 2.75 bits per heavy atom. The van der Waals surface area contributed by atoms with Crippen LogP contribution in [0.1, 0.15) is 31.7 Å². The molecule has 1 aliphatic heterocycles. The second kappa shape index (κ2) is 7.20. The molecule has 0 aliphatic carbocycles. The van der Waals surface area contributed by atoms with E-state index in [-0.39, 0.29) is 5.75 Å². The van der Waals surface area contributed by atoms with E-state index in [1.165, 1.54) is 0 Å². The highest BCUT2D eigenvalue weighted by atomic mass is 32.2. The van der Waals surface area contributed by atoms with Crippen molar-refractivity contribution in [2.24, 2.45) is 0 Å². The number of hydrogen-bond donors (Lipinski definition) is 1. The van der Waals surface area contributed by atoms with Crippen molar-refractivity contribution in [2.45, 2.75) is 38.0 Å². The molecule has 0 aromatic heterocycles. The lowest BCUT2D eigenvalue weighted by Crippen LogP contribution is -2.48. The van der Waals surface area contributed by atoms with E-state index in [9.17, 15) is 8.42 Å². The van der Waals surface area contributed by atoms with Crippen LogP contribution in [0.2, 0.25) is 0 Å². The molecular weight excluding hydrogens is 272 g/mol. The van der Waals surface area contributed by atoms with Crippen LogP contribution in [-0.2, 0) is 15.8 Å². The molecule has 0 bridgehead atoms. The summed E-state index contributed by atoms with van der Waals surface area (Å²) >= 11 is 0. The number of sulfonamides is 1. The van der Waals surface area contributed by atoms with Crippen molar-refractivity contribution < 1.29 is 8.42 Å². The van der Waals surface area contributed by atoms with E-state index in [1.54, 1.807) is 4.31 Å². The van der Waals surface area contributed by atoms with E-state index in [2.05, 4.69) is 12.2 Å². The molecule has 112 valence electrons. The Kier molecular flexibility index (Phi) is 5.57. The number of nitrogens with zero attached hydrogens (tertiary/aromatic N) is 1. The number of hydrogen-bond acceptors (Lipinski definition) is 3. The van der Waals surface area contributed by atoms with Crippen molar-refractivity contribution in [3.8, 4) is 0 Å². The third kappa shape index (κ3) is 4.30. The Morgan fingerprint density at radius 1 is 1.30 bits per heavy atom. The molecule has 1 heterocycles. The average molecular weight is 296 g/mol. The predicted octanol–water partition coefficient (Wildman–Crippen LogP) is 1.98. The van der Waals surface area contributed by atoms with Gasteiger partial charge in [-0.25, -0.2) is 12.7 Å². The molecule has 0 amide bonds. The summed E-state index contributed by atoms with van der Waals surface area (Å²) in [5.41, 5.74) is 0.858. The minimum absolute atomic E-state index is 0.105. The normalized spacial score (nSPS) is 20.9. The summed E-state index contributed by atoms with van der Waals surface area (Å²) in [7, 11) is -3.20. The zero-order valence-electron chi connectivity index (χ0n) is 12.1. The highest BCUT2D eigenvalue weighted by Crippen LogP contribution is 2.17. The summed E-state index contributed by atoms with van der Waals surface area (Å²) in [4.78, 5) is 0. The van der Waals surface area contributed by atoms with Gasteiger partial charge in [-0.1, -0.05) is 37.3 Å². The minimum atomic E-state index is -3.20. The fourth-order valence-electron chi connectivity index (χ4n) is 2.59. The van der Waals surface area contributed by atoms with Crippen molar-refractivity contribution in [3.63, 3.8) is 0 Å². The molecular formula is C15H24N2O2S. The number of nitrogens with one attached hydrogen (secondary N) is 1. The van der Waals surface area contributed by atoms with Crippen LogP contribution in [0.25, 0.3) is 0 Å². The van der Waals surface area contributed by atoms with Crippen LogP contribution in [-0.4, -0.2) is 38.4 Å². The smallest absolute Gasteiger partial charge is 0.218 e. The summed E-state index contributed by atoms with van der Waals surface area (Å²) < 4.78 is 26.6. The van der Waals surface area contributed by atoms with E-state index in [1.807, 2.05) is 30.3 Å². The molecule has 1 N–H and O–H groups in total. The standard InChI is InChI=1S/C15H24N2O2S/c1-2-10-16-15-9-6-11-17(12-15)20(18,19)13-14-7-4-3-5-8-14/h3-5,7-8,15-16H,2,6,9-13H2,1H3. The lowest BCUT2D eigenvalue weighted by atomic mass is 10.1. The summed E-state index contributed by atoms with van der Waals surface area (Å²) in [5.74, 6) is 0.105. The highest BCUT2D eigenvalue weighted by molar-refractivity contribution is 7.88. The molecule has 1 fully saturated rings. The molecule has 1 aliphatic rings. The molecule has 4 nitrogen and oxygen atoms in total. The maximum absolute atomic E-state index is 12.5. The fourth-order valence-corrected chi connectivity index (χ4v) is 4.20. The van der Waals surface area contributed by atoms with Gasteiger partial charge in [-0.15, -0.1) is 0 Å². The monoisotopic (exact) mass is 296 g/mol. The van der Waals surface area contributed by atoms with Crippen LogP contribution in [0.3, 0.4) is 0 Å². The van der Waals surface area contributed by atoms with Gasteiger partial charge in [0.15, 0.2) is 0 Å². The average Bonchev–Trinajstić information content (AvgIpc) is 2.46. The van der Waals surface area contributed by atoms with Gasteiger partial charge in [-0.3, -0.25) is 0 Å². The van der Waals surface area contributed by atoms with Gasteiger partial charge in [0.2, 0.25) is 10.0 Å². The van der Waals surface area contributed by atoms with Crippen LogP contribution in [0.15, 0.2) is 30.3 Å². The summed E-state index contributed by atoms with van der Waals surface area (Å²) in [6.07, 6.45) is 3.08. The largest absolute Gasteiger partial charge is 0.313 e. The molecule has 0 radical (unpaired) electrons. The van der Waals surface area contributed by atoms with E-state index in [0.29, 0.717) is 19.1 Å². The molecule has 2 rings (SSSR count). The molecule has 1 aromatic carbocycles. The maximum atomic E-state index is 12.5. The lowest BCUT2D eigenvalue weighted by molar-refractivity contribution is 0.283. The second-order valence-corrected chi connectivity index (χ2v) is 7.36. The Labute approximate surface area is 122 Å². The first kappa shape index (κ1) is 15.5. The Balaban J connectivity index is 1.98. The Morgan fingerprint density at radius 2 is 2.05 bits per heavy atom. The summed E-state index contributed by atoms with van der Waals surface area (Å²) in [6.45, 7) is 4.34. The number of rotatable bonds is 6. The van der Waals surface area contributed by atoms with Gasteiger partial charge in [0.25, 0.3) is 0 Å². The Hall–Kier alpha value is -0.910. The number of piperidine rings is 1. The molecule has 1 atom stereocenters. The van der Waals surface area contributed by atoms with Crippen LogP contribution in [0, 0.1) is 0 Å². The predicted molar refractivity (Wildman–Crippen MR) is 82.0 cm³/mol. The van der Waals surface area contributed by atoms with Crippen molar-refractivity contribution in [1.82, 2.24) is 9.62 Å². The Bertz CT molecular complexity index is 502. The zero-order chi connectivity index (χ0) is 14.4. The first-order valence-corrected chi connectivity index (χ1v) is 8.98. The first-order valence-electron chi connectivity index (χ1n) is 7.37. The molecule has 1 aromatic rings. The third-order valence-electron chi connectivity index (χ3n) is 3.65. The first-order chi connectivity index (χ1) is 9.62. The van der Waals surface area contributed by atoms with E-state index < -0.39 is 10.0 Å². The van der Waals surface area contributed by atoms with Gasteiger partial charge in [0.05, 0.1) is 5.75 Å².